The van der Waals surface area contributed by atoms with E-state index >= 15 is 0 Å². The zero-order valence-electron chi connectivity index (χ0n) is 13.9. The number of aryl methyl sites for hydroxylation is 1. The highest BCUT2D eigenvalue weighted by Crippen LogP contribution is 2.28. The van der Waals surface area contributed by atoms with E-state index in [9.17, 15) is 0 Å². The maximum atomic E-state index is 5.28. The van der Waals surface area contributed by atoms with Crippen LogP contribution in [-0.4, -0.2) is 50.0 Å². The van der Waals surface area contributed by atoms with Crippen molar-refractivity contribution < 1.29 is 4.42 Å². The molecular formula is C16H21N7O. The first kappa shape index (κ1) is 15.1. The fourth-order valence-electron chi connectivity index (χ4n) is 3.27. The number of aromatic amines is 1. The molecule has 0 amide bonds. The zero-order valence-corrected chi connectivity index (χ0v) is 13.9. The molecular weight excluding hydrogens is 306 g/mol. The average Bonchev–Trinajstić information content (AvgIpc) is 3.23. The Hall–Kier alpha value is -2.48. The van der Waals surface area contributed by atoms with E-state index in [2.05, 4.69) is 35.1 Å². The van der Waals surface area contributed by atoms with Gasteiger partial charge >= 0.3 is 0 Å². The van der Waals surface area contributed by atoms with Crippen molar-refractivity contribution >= 4 is 17.0 Å². The predicted molar refractivity (Wildman–Crippen MR) is 89.7 cm³/mol. The maximum absolute atomic E-state index is 5.28. The summed E-state index contributed by atoms with van der Waals surface area (Å²) in [5.41, 5.74) is 2.59. The molecule has 0 radical (unpaired) electrons. The van der Waals surface area contributed by atoms with Crippen LogP contribution in [0.25, 0.3) is 11.2 Å². The van der Waals surface area contributed by atoms with Crippen molar-refractivity contribution in [2.45, 2.75) is 32.2 Å². The SMILES string of the molecule is CNc1nc(C2CCN(Cc3coc(C)n3)CC2)nc2nc[nH]c12. The van der Waals surface area contributed by atoms with E-state index in [0.717, 1.165) is 66.9 Å². The average molecular weight is 327 g/mol. The van der Waals surface area contributed by atoms with Gasteiger partial charge < -0.3 is 14.7 Å². The van der Waals surface area contributed by atoms with Gasteiger partial charge in [0.2, 0.25) is 0 Å². The summed E-state index contributed by atoms with van der Waals surface area (Å²) >= 11 is 0. The van der Waals surface area contributed by atoms with E-state index in [1.807, 2.05) is 14.0 Å². The first-order valence-corrected chi connectivity index (χ1v) is 8.25. The molecule has 0 atom stereocenters. The van der Waals surface area contributed by atoms with Crippen LogP contribution in [0.3, 0.4) is 0 Å². The number of H-pyrrole nitrogens is 1. The molecule has 126 valence electrons. The third-order valence-electron chi connectivity index (χ3n) is 4.54. The topological polar surface area (TPSA) is 95.8 Å². The number of fused-ring (bicyclic) bond motifs is 1. The molecule has 2 N–H and O–H groups in total. The van der Waals surface area contributed by atoms with E-state index in [1.165, 1.54) is 0 Å². The van der Waals surface area contributed by atoms with Crippen molar-refractivity contribution in [1.82, 2.24) is 29.8 Å². The van der Waals surface area contributed by atoms with Gasteiger partial charge in [-0.2, -0.15) is 0 Å². The van der Waals surface area contributed by atoms with E-state index in [4.69, 9.17) is 4.42 Å². The van der Waals surface area contributed by atoms with E-state index in [0.29, 0.717) is 5.92 Å². The molecule has 0 spiro atoms. The molecule has 8 heteroatoms. The Bertz CT molecular complexity index is 832. The molecule has 0 aromatic carbocycles. The van der Waals surface area contributed by atoms with Crippen molar-refractivity contribution in [3.05, 3.63) is 30.0 Å². The number of hydrogen-bond acceptors (Lipinski definition) is 7. The minimum Gasteiger partial charge on any atom is -0.449 e. The third-order valence-corrected chi connectivity index (χ3v) is 4.54. The van der Waals surface area contributed by atoms with Crippen LogP contribution in [0.4, 0.5) is 5.82 Å². The standard InChI is InChI=1S/C16H21N7O/c1-10-20-12(8-24-10)7-23-5-3-11(4-6-23)14-21-15(17-2)13-16(22-14)19-9-18-13/h8-9,11H,3-7H2,1-2H3,(H2,17,18,19,21,22). The molecule has 1 aliphatic heterocycles. The molecule has 8 nitrogen and oxygen atoms in total. The number of anilines is 1. The number of imidazole rings is 1. The summed E-state index contributed by atoms with van der Waals surface area (Å²) in [5.74, 6) is 2.79. The summed E-state index contributed by atoms with van der Waals surface area (Å²) in [7, 11) is 1.87. The first-order valence-electron chi connectivity index (χ1n) is 8.25. The van der Waals surface area contributed by atoms with Gasteiger partial charge in [0.1, 0.15) is 17.6 Å². The largest absolute Gasteiger partial charge is 0.449 e. The number of rotatable bonds is 4. The number of nitrogens with one attached hydrogen (secondary N) is 2. The normalized spacial score (nSPS) is 16.8. The van der Waals surface area contributed by atoms with Crippen molar-refractivity contribution in [3.63, 3.8) is 0 Å². The molecule has 1 aliphatic rings. The molecule has 4 rings (SSSR count). The van der Waals surface area contributed by atoms with Gasteiger partial charge in [0, 0.05) is 26.4 Å². The lowest BCUT2D eigenvalue weighted by molar-refractivity contribution is 0.199. The number of nitrogens with zero attached hydrogens (tertiary/aromatic N) is 5. The van der Waals surface area contributed by atoms with Crippen LogP contribution in [0.1, 0.15) is 36.2 Å². The summed E-state index contributed by atoms with van der Waals surface area (Å²) < 4.78 is 5.28. The van der Waals surface area contributed by atoms with Crippen molar-refractivity contribution in [1.29, 1.82) is 0 Å². The lowest BCUT2D eigenvalue weighted by Crippen LogP contribution is -2.33. The van der Waals surface area contributed by atoms with Crippen LogP contribution in [0, 0.1) is 6.92 Å². The Morgan fingerprint density at radius 1 is 1.29 bits per heavy atom. The molecule has 0 saturated carbocycles. The first-order chi connectivity index (χ1) is 11.7. The molecule has 3 aromatic heterocycles. The van der Waals surface area contributed by atoms with Crippen LogP contribution in [-0.2, 0) is 6.54 Å². The number of oxazole rings is 1. The summed E-state index contributed by atoms with van der Waals surface area (Å²) in [6, 6.07) is 0. The number of aromatic nitrogens is 5. The third kappa shape index (κ3) is 2.84. The van der Waals surface area contributed by atoms with Gasteiger partial charge in [-0.05, 0) is 25.9 Å². The van der Waals surface area contributed by atoms with Crippen LogP contribution >= 0.6 is 0 Å². The molecule has 0 bridgehead atoms. The summed E-state index contributed by atoms with van der Waals surface area (Å²) in [5, 5.41) is 3.13. The van der Waals surface area contributed by atoms with Crippen LogP contribution < -0.4 is 5.32 Å². The van der Waals surface area contributed by atoms with Crippen molar-refractivity contribution in [2.75, 3.05) is 25.5 Å². The molecule has 3 aromatic rings. The van der Waals surface area contributed by atoms with Gasteiger partial charge in [-0.25, -0.2) is 19.9 Å². The highest BCUT2D eigenvalue weighted by Gasteiger charge is 2.24. The lowest BCUT2D eigenvalue weighted by atomic mass is 9.96. The molecule has 4 heterocycles. The fourth-order valence-corrected chi connectivity index (χ4v) is 3.27. The zero-order chi connectivity index (χ0) is 16.5. The van der Waals surface area contributed by atoms with Crippen molar-refractivity contribution in [2.24, 2.45) is 0 Å². The Balaban J connectivity index is 1.45. The van der Waals surface area contributed by atoms with E-state index in [1.54, 1.807) is 12.6 Å². The van der Waals surface area contributed by atoms with Gasteiger partial charge in [-0.15, -0.1) is 0 Å². The Labute approximate surface area is 139 Å². The summed E-state index contributed by atoms with van der Waals surface area (Å²) in [4.78, 5) is 23.5. The molecule has 1 fully saturated rings. The van der Waals surface area contributed by atoms with E-state index < -0.39 is 0 Å². The minimum atomic E-state index is 0.369. The second kappa shape index (κ2) is 6.20. The van der Waals surface area contributed by atoms with Gasteiger partial charge in [-0.1, -0.05) is 0 Å². The maximum Gasteiger partial charge on any atom is 0.191 e. The number of piperidine rings is 1. The smallest absolute Gasteiger partial charge is 0.191 e. The number of likely N-dealkylation sites (tertiary alicyclic amines) is 1. The summed E-state index contributed by atoms with van der Waals surface area (Å²) in [6.45, 7) is 4.73. The van der Waals surface area contributed by atoms with E-state index in [-0.39, 0.29) is 0 Å². The second-order valence-corrected chi connectivity index (χ2v) is 6.19. The Morgan fingerprint density at radius 2 is 2.12 bits per heavy atom. The monoisotopic (exact) mass is 327 g/mol. The van der Waals surface area contributed by atoms with Gasteiger partial charge in [0.05, 0.1) is 12.0 Å². The lowest BCUT2D eigenvalue weighted by Gasteiger charge is -2.30. The summed E-state index contributed by atoms with van der Waals surface area (Å²) in [6.07, 6.45) is 5.48. The van der Waals surface area contributed by atoms with Crippen LogP contribution in [0.2, 0.25) is 0 Å². The van der Waals surface area contributed by atoms with Crippen molar-refractivity contribution in [3.8, 4) is 0 Å². The van der Waals surface area contributed by atoms with Gasteiger partial charge in [-0.3, -0.25) is 4.90 Å². The quantitative estimate of drug-likeness (QED) is 0.757. The highest BCUT2D eigenvalue weighted by molar-refractivity contribution is 5.82. The predicted octanol–water partition coefficient (Wildman–Crippen LogP) is 2.07. The van der Waals surface area contributed by atoms with Gasteiger partial charge in [0.15, 0.2) is 17.4 Å². The van der Waals surface area contributed by atoms with Gasteiger partial charge in [0.25, 0.3) is 0 Å². The Morgan fingerprint density at radius 3 is 2.83 bits per heavy atom. The molecule has 24 heavy (non-hydrogen) atoms. The molecule has 0 aliphatic carbocycles. The Kier molecular flexibility index (Phi) is 3.89. The second-order valence-electron chi connectivity index (χ2n) is 6.19. The molecule has 1 saturated heterocycles. The fraction of sp³-hybridized carbons (Fsp3) is 0.500. The van der Waals surface area contributed by atoms with Crippen LogP contribution in [0.15, 0.2) is 17.0 Å². The highest BCUT2D eigenvalue weighted by atomic mass is 16.3. The molecule has 0 unspecified atom stereocenters. The number of hydrogen-bond donors (Lipinski definition) is 2. The minimum absolute atomic E-state index is 0.369. The van der Waals surface area contributed by atoms with Crippen LogP contribution in [0.5, 0.6) is 0 Å².